The quantitative estimate of drug-likeness (QED) is 0.784. The molecule has 0 bridgehead atoms. The maximum Gasteiger partial charge on any atom is 0.410 e. The fraction of sp³-hybridized carbons (Fsp3) is 0.765. The van der Waals surface area contributed by atoms with Gasteiger partial charge in [0.2, 0.25) is 0 Å². The van der Waals surface area contributed by atoms with Crippen molar-refractivity contribution in [2.24, 2.45) is 0 Å². The normalized spacial score (nSPS) is 12.3. The fourth-order valence-corrected chi connectivity index (χ4v) is 2.14. The zero-order chi connectivity index (χ0) is 17.5. The van der Waals surface area contributed by atoms with Crippen molar-refractivity contribution in [3.8, 4) is 0 Å². The highest BCUT2D eigenvalue weighted by Gasteiger charge is 2.30. The zero-order valence-corrected chi connectivity index (χ0v) is 15.4. The van der Waals surface area contributed by atoms with Gasteiger partial charge in [0.1, 0.15) is 5.60 Å². The van der Waals surface area contributed by atoms with Gasteiger partial charge in [0.15, 0.2) is 0 Å². The van der Waals surface area contributed by atoms with Gasteiger partial charge < -0.3 is 19.5 Å². The summed E-state index contributed by atoms with van der Waals surface area (Å²) < 4.78 is 7.56. The number of amides is 1. The third-order valence-electron chi connectivity index (χ3n) is 3.26. The summed E-state index contributed by atoms with van der Waals surface area (Å²) in [6, 6.07) is 0. The van der Waals surface area contributed by atoms with E-state index in [1.54, 1.807) is 11.1 Å². The van der Waals surface area contributed by atoms with Crippen LogP contribution in [0.1, 0.15) is 48.0 Å². The molecule has 0 spiro atoms. The van der Waals surface area contributed by atoms with Crippen molar-refractivity contribution in [2.45, 2.75) is 65.6 Å². The number of aryl methyl sites for hydroxylation is 1. The standard InChI is InChI=1S/C17H32N4O2/c1-16(2,3)21(15(22)23-17(4,5)6)13-10-18-8-7-11-20-12-9-19-14-20/h9,12,14,18H,7-8,10-11,13H2,1-6H3. The van der Waals surface area contributed by atoms with Gasteiger partial charge in [0.25, 0.3) is 0 Å². The van der Waals surface area contributed by atoms with E-state index in [2.05, 4.69) is 14.9 Å². The van der Waals surface area contributed by atoms with Gasteiger partial charge in [-0.05, 0) is 54.5 Å². The summed E-state index contributed by atoms with van der Waals surface area (Å²) in [4.78, 5) is 18.1. The largest absolute Gasteiger partial charge is 0.444 e. The number of ether oxygens (including phenoxy) is 1. The number of nitrogens with one attached hydrogen (secondary N) is 1. The van der Waals surface area contributed by atoms with Crippen LogP contribution in [0.15, 0.2) is 18.7 Å². The first-order valence-corrected chi connectivity index (χ1v) is 8.27. The lowest BCUT2D eigenvalue weighted by Gasteiger charge is -2.36. The molecule has 23 heavy (non-hydrogen) atoms. The molecule has 0 saturated carbocycles. The van der Waals surface area contributed by atoms with E-state index in [1.165, 1.54) is 0 Å². The summed E-state index contributed by atoms with van der Waals surface area (Å²) in [6.07, 6.45) is 6.34. The number of carbonyl (C=O) groups excluding carboxylic acids is 1. The van der Waals surface area contributed by atoms with Gasteiger partial charge in [0.05, 0.1) is 6.33 Å². The summed E-state index contributed by atoms with van der Waals surface area (Å²) >= 11 is 0. The number of nitrogens with zero attached hydrogens (tertiary/aromatic N) is 3. The van der Waals surface area contributed by atoms with E-state index < -0.39 is 5.60 Å². The first-order chi connectivity index (χ1) is 10.6. The third-order valence-corrected chi connectivity index (χ3v) is 3.26. The molecule has 1 amide bonds. The molecule has 0 aliphatic rings. The molecular weight excluding hydrogens is 292 g/mol. The topological polar surface area (TPSA) is 59.4 Å². The second kappa shape index (κ2) is 8.34. The van der Waals surface area contributed by atoms with Gasteiger partial charge in [-0.2, -0.15) is 0 Å². The molecule has 6 heteroatoms. The Kier molecular flexibility index (Phi) is 7.06. The van der Waals surface area contributed by atoms with Crippen LogP contribution >= 0.6 is 0 Å². The number of imidazole rings is 1. The van der Waals surface area contributed by atoms with Crippen molar-refractivity contribution in [2.75, 3.05) is 19.6 Å². The molecule has 0 aliphatic heterocycles. The van der Waals surface area contributed by atoms with Crippen LogP contribution in [0.5, 0.6) is 0 Å². The lowest BCUT2D eigenvalue weighted by molar-refractivity contribution is 0.00665. The van der Waals surface area contributed by atoms with E-state index >= 15 is 0 Å². The molecule has 132 valence electrons. The van der Waals surface area contributed by atoms with Crippen molar-refractivity contribution >= 4 is 6.09 Å². The maximum absolute atomic E-state index is 12.3. The molecule has 0 atom stereocenters. The number of hydrogen-bond acceptors (Lipinski definition) is 4. The SMILES string of the molecule is CC(C)(C)OC(=O)N(CCNCCCn1ccnc1)C(C)(C)C. The van der Waals surface area contributed by atoms with Crippen LogP contribution in [0.25, 0.3) is 0 Å². The lowest BCUT2D eigenvalue weighted by Crippen LogP contribution is -2.50. The molecule has 0 radical (unpaired) electrons. The second-order valence-electron chi connectivity index (χ2n) is 7.71. The van der Waals surface area contributed by atoms with E-state index in [9.17, 15) is 4.79 Å². The van der Waals surface area contributed by atoms with Gasteiger partial charge in [-0.3, -0.25) is 0 Å². The van der Waals surface area contributed by atoms with Crippen molar-refractivity contribution in [1.29, 1.82) is 0 Å². The number of hydrogen-bond donors (Lipinski definition) is 1. The van der Waals surface area contributed by atoms with Crippen molar-refractivity contribution < 1.29 is 9.53 Å². The predicted molar refractivity (Wildman–Crippen MR) is 92.4 cm³/mol. The van der Waals surface area contributed by atoms with E-state index in [0.717, 1.165) is 26.1 Å². The van der Waals surface area contributed by atoms with Gasteiger partial charge in [-0.15, -0.1) is 0 Å². The average Bonchev–Trinajstić information content (AvgIpc) is 2.86. The maximum atomic E-state index is 12.3. The Hall–Kier alpha value is -1.56. The summed E-state index contributed by atoms with van der Waals surface area (Å²) in [5.74, 6) is 0. The van der Waals surface area contributed by atoms with Gasteiger partial charge in [0, 0.05) is 37.6 Å². The summed E-state index contributed by atoms with van der Waals surface area (Å²) in [5, 5.41) is 3.38. The number of rotatable bonds is 7. The van der Waals surface area contributed by atoms with Crippen LogP contribution in [-0.4, -0.2) is 51.3 Å². The molecule has 0 aliphatic carbocycles. The van der Waals surface area contributed by atoms with Crippen molar-refractivity contribution in [3.05, 3.63) is 18.7 Å². The predicted octanol–water partition coefficient (Wildman–Crippen LogP) is 2.90. The minimum absolute atomic E-state index is 0.259. The van der Waals surface area contributed by atoms with Crippen molar-refractivity contribution in [3.63, 3.8) is 0 Å². The molecule has 0 unspecified atom stereocenters. The number of carbonyl (C=O) groups is 1. The first-order valence-electron chi connectivity index (χ1n) is 8.27. The Morgan fingerprint density at radius 1 is 1.22 bits per heavy atom. The van der Waals surface area contributed by atoms with Crippen LogP contribution < -0.4 is 5.32 Å². The van der Waals surface area contributed by atoms with Gasteiger partial charge in [-0.25, -0.2) is 9.78 Å². The molecule has 1 N–H and O–H groups in total. The smallest absolute Gasteiger partial charge is 0.410 e. The van der Waals surface area contributed by atoms with Crippen LogP contribution in [0.4, 0.5) is 4.79 Å². The van der Waals surface area contributed by atoms with Crippen LogP contribution in [0.2, 0.25) is 0 Å². The molecule has 6 nitrogen and oxygen atoms in total. The zero-order valence-electron chi connectivity index (χ0n) is 15.4. The summed E-state index contributed by atoms with van der Waals surface area (Å²) in [5.41, 5.74) is -0.736. The highest BCUT2D eigenvalue weighted by atomic mass is 16.6. The molecule has 0 aromatic carbocycles. The van der Waals surface area contributed by atoms with Gasteiger partial charge in [-0.1, -0.05) is 0 Å². The minimum Gasteiger partial charge on any atom is -0.444 e. The molecule has 1 heterocycles. The van der Waals surface area contributed by atoms with E-state index in [4.69, 9.17) is 4.74 Å². The fourth-order valence-electron chi connectivity index (χ4n) is 2.14. The molecule has 1 rings (SSSR count). The second-order valence-corrected chi connectivity index (χ2v) is 7.71. The van der Waals surface area contributed by atoms with Crippen LogP contribution in [-0.2, 0) is 11.3 Å². The van der Waals surface area contributed by atoms with E-state index in [1.807, 2.05) is 54.1 Å². The Bertz CT molecular complexity index is 458. The highest BCUT2D eigenvalue weighted by Crippen LogP contribution is 2.17. The molecule has 0 fully saturated rings. The molecule has 0 saturated heterocycles. The monoisotopic (exact) mass is 324 g/mol. The average molecular weight is 324 g/mol. The highest BCUT2D eigenvalue weighted by molar-refractivity contribution is 5.69. The first kappa shape index (κ1) is 19.5. The Labute approximate surface area is 140 Å². The van der Waals surface area contributed by atoms with E-state index in [-0.39, 0.29) is 11.6 Å². The van der Waals surface area contributed by atoms with Crippen LogP contribution in [0.3, 0.4) is 0 Å². The molecular formula is C17H32N4O2. The summed E-state index contributed by atoms with van der Waals surface area (Å²) in [6.45, 7) is 15.0. The Balaban J connectivity index is 2.32. The Morgan fingerprint density at radius 3 is 2.43 bits per heavy atom. The minimum atomic E-state index is -0.473. The van der Waals surface area contributed by atoms with Gasteiger partial charge >= 0.3 is 6.09 Å². The third kappa shape index (κ3) is 8.02. The molecule has 1 aromatic rings. The van der Waals surface area contributed by atoms with E-state index in [0.29, 0.717) is 6.54 Å². The molecule has 1 aromatic heterocycles. The summed E-state index contributed by atoms with van der Waals surface area (Å²) in [7, 11) is 0. The lowest BCUT2D eigenvalue weighted by atomic mass is 10.1. The Morgan fingerprint density at radius 2 is 1.91 bits per heavy atom. The number of aromatic nitrogens is 2. The van der Waals surface area contributed by atoms with Crippen molar-refractivity contribution in [1.82, 2.24) is 19.8 Å². The van der Waals surface area contributed by atoms with Crippen LogP contribution in [0, 0.1) is 0 Å².